The Morgan fingerprint density at radius 2 is 2.00 bits per heavy atom. The third kappa shape index (κ3) is 4.43. The molecule has 0 atom stereocenters. The number of carbonyl (C=O) groups excluding carboxylic acids is 1. The molecule has 1 aromatic carbocycles. The van der Waals surface area contributed by atoms with E-state index in [-0.39, 0.29) is 18.3 Å². The number of anilines is 1. The number of nitrogens with two attached hydrogens (primary N) is 1. The van der Waals surface area contributed by atoms with Crippen molar-refractivity contribution in [2.75, 3.05) is 5.73 Å². The molecule has 1 amide bonds. The Kier molecular flexibility index (Phi) is 6.16. The second-order valence-electron chi connectivity index (χ2n) is 5.22. The topological polar surface area (TPSA) is 55.1 Å². The summed E-state index contributed by atoms with van der Waals surface area (Å²) < 4.78 is 0. The van der Waals surface area contributed by atoms with Crippen molar-refractivity contribution in [3.05, 3.63) is 29.8 Å². The van der Waals surface area contributed by atoms with Gasteiger partial charge in [-0.25, -0.2) is 0 Å². The van der Waals surface area contributed by atoms with Crippen LogP contribution in [0.15, 0.2) is 24.3 Å². The zero-order valence-corrected chi connectivity index (χ0v) is 12.2. The quantitative estimate of drug-likeness (QED) is 0.835. The van der Waals surface area contributed by atoms with Crippen molar-refractivity contribution in [1.82, 2.24) is 5.32 Å². The van der Waals surface area contributed by atoms with E-state index in [2.05, 4.69) is 12.2 Å². The number of rotatable bonds is 3. The lowest BCUT2D eigenvalue weighted by Crippen LogP contribution is -2.37. The largest absolute Gasteiger partial charge is 0.399 e. The molecule has 0 bridgehead atoms. The first-order valence-electron chi connectivity index (χ1n) is 6.85. The van der Waals surface area contributed by atoms with Crippen molar-refractivity contribution in [2.45, 2.75) is 45.1 Å². The minimum absolute atomic E-state index is 0. The third-order valence-corrected chi connectivity index (χ3v) is 3.91. The van der Waals surface area contributed by atoms with E-state index in [4.69, 9.17) is 5.73 Å². The van der Waals surface area contributed by atoms with E-state index in [1.165, 1.54) is 19.3 Å². The van der Waals surface area contributed by atoms with Crippen LogP contribution in [0.2, 0.25) is 0 Å². The van der Waals surface area contributed by atoms with Gasteiger partial charge in [-0.15, -0.1) is 12.4 Å². The standard InChI is InChI=1S/C15H22N2O.ClH/c1-2-11-6-8-14(9-7-11)17-15(18)12-4-3-5-13(16)10-12;/h3-5,10-11,14H,2,6-9,16H2,1H3,(H,17,18);1H. The summed E-state index contributed by atoms with van der Waals surface area (Å²) in [6.45, 7) is 2.25. The van der Waals surface area contributed by atoms with Gasteiger partial charge in [0.2, 0.25) is 0 Å². The SMILES string of the molecule is CCC1CCC(NC(=O)c2cccc(N)c2)CC1.Cl. The maximum Gasteiger partial charge on any atom is 0.251 e. The first kappa shape index (κ1) is 15.8. The Hall–Kier alpha value is -1.22. The molecule has 0 aromatic heterocycles. The normalized spacial score (nSPS) is 22.4. The van der Waals surface area contributed by atoms with Crippen LogP contribution in [0.5, 0.6) is 0 Å². The lowest BCUT2D eigenvalue weighted by molar-refractivity contribution is 0.0921. The number of benzene rings is 1. The molecule has 0 radical (unpaired) electrons. The summed E-state index contributed by atoms with van der Waals surface area (Å²) in [5.74, 6) is 0.854. The van der Waals surface area contributed by atoms with Crippen LogP contribution >= 0.6 is 12.4 Å². The number of hydrogen-bond acceptors (Lipinski definition) is 2. The minimum atomic E-state index is 0. The van der Waals surface area contributed by atoms with E-state index in [9.17, 15) is 4.79 Å². The van der Waals surface area contributed by atoms with Gasteiger partial charge in [0.15, 0.2) is 0 Å². The molecule has 106 valence electrons. The van der Waals surface area contributed by atoms with Crippen molar-refractivity contribution in [1.29, 1.82) is 0 Å². The zero-order valence-electron chi connectivity index (χ0n) is 11.4. The Morgan fingerprint density at radius 3 is 2.58 bits per heavy atom. The van der Waals surface area contributed by atoms with Crippen LogP contribution < -0.4 is 11.1 Å². The molecule has 19 heavy (non-hydrogen) atoms. The number of hydrogen-bond donors (Lipinski definition) is 2. The monoisotopic (exact) mass is 282 g/mol. The molecule has 1 aliphatic carbocycles. The number of carbonyl (C=O) groups is 1. The number of nitrogen functional groups attached to an aromatic ring is 1. The smallest absolute Gasteiger partial charge is 0.251 e. The molecule has 2 rings (SSSR count). The molecule has 1 fully saturated rings. The highest BCUT2D eigenvalue weighted by Crippen LogP contribution is 2.26. The molecule has 0 spiro atoms. The van der Waals surface area contributed by atoms with Crippen molar-refractivity contribution < 1.29 is 4.79 Å². The second-order valence-corrected chi connectivity index (χ2v) is 5.22. The predicted octanol–water partition coefficient (Wildman–Crippen LogP) is 3.39. The molecule has 1 aromatic rings. The van der Waals surface area contributed by atoms with E-state index in [1.807, 2.05) is 12.1 Å². The number of amides is 1. The summed E-state index contributed by atoms with van der Waals surface area (Å²) >= 11 is 0. The van der Waals surface area contributed by atoms with E-state index in [1.54, 1.807) is 12.1 Å². The molecule has 0 saturated heterocycles. The predicted molar refractivity (Wildman–Crippen MR) is 81.6 cm³/mol. The summed E-state index contributed by atoms with van der Waals surface area (Å²) in [6.07, 6.45) is 5.94. The highest BCUT2D eigenvalue weighted by Gasteiger charge is 2.21. The fourth-order valence-corrected chi connectivity index (χ4v) is 2.66. The van der Waals surface area contributed by atoms with Crippen LogP contribution in [0, 0.1) is 5.92 Å². The minimum Gasteiger partial charge on any atom is -0.399 e. The number of halogens is 1. The van der Waals surface area contributed by atoms with E-state index >= 15 is 0 Å². The molecule has 3 nitrogen and oxygen atoms in total. The summed E-state index contributed by atoms with van der Waals surface area (Å²) in [7, 11) is 0. The van der Waals surface area contributed by atoms with Gasteiger partial charge >= 0.3 is 0 Å². The summed E-state index contributed by atoms with van der Waals surface area (Å²) in [6, 6.07) is 7.49. The van der Waals surface area contributed by atoms with Gasteiger partial charge in [-0.3, -0.25) is 4.79 Å². The molecule has 1 aliphatic rings. The molecule has 0 unspecified atom stereocenters. The van der Waals surface area contributed by atoms with Gasteiger partial charge < -0.3 is 11.1 Å². The third-order valence-electron chi connectivity index (χ3n) is 3.91. The van der Waals surface area contributed by atoms with Crippen molar-refractivity contribution >= 4 is 24.0 Å². The maximum atomic E-state index is 12.0. The van der Waals surface area contributed by atoms with Gasteiger partial charge in [0.05, 0.1) is 0 Å². The van der Waals surface area contributed by atoms with Gasteiger partial charge in [0.1, 0.15) is 0 Å². The lowest BCUT2D eigenvalue weighted by Gasteiger charge is -2.28. The fraction of sp³-hybridized carbons (Fsp3) is 0.533. The number of nitrogens with one attached hydrogen (secondary N) is 1. The Balaban J connectivity index is 0.00000180. The summed E-state index contributed by atoms with van der Waals surface area (Å²) in [4.78, 5) is 12.0. The first-order valence-corrected chi connectivity index (χ1v) is 6.85. The van der Waals surface area contributed by atoms with Crippen LogP contribution in [0.4, 0.5) is 5.69 Å². The maximum absolute atomic E-state index is 12.0. The molecule has 0 aliphatic heterocycles. The highest BCUT2D eigenvalue weighted by molar-refractivity contribution is 5.95. The van der Waals surface area contributed by atoms with E-state index in [0.29, 0.717) is 17.3 Å². The molecular formula is C15H23ClN2O. The van der Waals surface area contributed by atoms with Crippen molar-refractivity contribution in [3.8, 4) is 0 Å². The Morgan fingerprint density at radius 1 is 1.32 bits per heavy atom. The molecule has 0 heterocycles. The summed E-state index contributed by atoms with van der Waals surface area (Å²) in [5, 5.41) is 3.11. The van der Waals surface area contributed by atoms with E-state index < -0.39 is 0 Å². The Labute approximate surface area is 121 Å². The van der Waals surface area contributed by atoms with E-state index in [0.717, 1.165) is 18.8 Å². The molecular weight excluding hydrogens is 260 g/mol. The average molecular weight is 283 g/mol. The van der Waals surface area contributed by atoms with Gasteiger partial charge in [0.25, 0.3) is 5.91 Å². The first-order chi connectivity index (χ1) is 8.69. The highest BCUT2D eigenvalue weighted by atomic mass is 35.5. The average Bonchev–Trinajstić information content (AvgIpc) is 2.39. The second kappa shape index (κ2) is 7.39. The van der Waals surface area contributed by atoms with Crippen LogP contribution in [-0.2, 0) is 0 Å². The lowest BCUT2D eigenvalue weighted by atomic mass is 9.84. The van der Waals surface area contributed by atoms with Crippen LogP contribution in [-0.4, -0.2) is 11.9 Å². The Bertz CT molecular complexity index is 414. The zero-order chi connectivity index (χ0) is 13.0. The van der Waals surface area contributed by atoms with Crippen molar-refractivity contribution in [3.63, 3.8) is 0 Å². The van der Waals surface area contributed by atoms with Crippen molar-refractivity contribution in [2.24, 2.45) is 5.92 Å². The van der Waals surface area contributed by atoms with Crippen LogP contribution in [0.1, 0.15) is 49.4 Å². The summed E-state index contributed by atoms with van der Waals surface area (Å²) in [5.41, 5.74) is 6.98. The van der Waals surface area contributed by atoms with Gasteiger partial charge in [-0.05, 0) is 49.8 Å². The van der Waals surface area contributed by atoms with Crippen LogP contribution in [0.3, 0.4) is 0 Å². The van der Waals surface area contributed by atoms with Gasteiger partial charge in [-0.2, -0.15) is 0 Å². The van der Waals surface area contributed by atoms with Gasteiger partial charge in [0, 0.05) is 17.3 Å². The molecule has 3 N–H and O–H groups in total. The fourth-order valence-electron chi connectivity index (χ4n) is 2.66. The molecule has 4 heteroatoms. The van der Waals surface area contributed by atoms with Gasteiger partial charge in [-0.1, -0.05) is 19.4 Å². The molecule has 1 saturated carbocycles. The van der Waals surface area contributed by atoms with Crippen LogP contribution in [0.25, 0.3) is 0 Å².